The Labute approximate surface area is 175 Å². The topological polar surface area (TPSA) is 68.2 Å². The third kappa shape index (κ3) is 7.53. The molecule has 0 spiro atoms. The molecule has 1 aliphatic heterocycles. The second-order valence-corrected chi connectivity index (χ2v) is 8.58. The Balaban J connectivity index is 2.95. The van der Waals surface area contributed by atoms with Gasteiger partial charge in [-0.2, -0.15) is 0 Å². The Kier molecular flexibility index (Phi) is 9.45. The van der Waals surface area contributed by atoms with Gasteiger partial charge in [-0.1, -0.05) is 19.2 Å². The first-order valence-electron chi connectivity index (χ1n) is 10.3. The van der Waals surface area contributed by atoms with Crippen molar-refractivity contribution in [1.82, 2.24) is 4.90 Å². The lowest BCUT2D eigenvalue weighted by molar-refractivity contribution is -0.288. The average Bonchev–Trinajstić information content (AvgIpc) is 2.61. The van der Waals surface area contributed by atoms with E-state index in [0.717, 1.165) is 6.42 Å². The van der Waals surface area contributed by atoms with Crippen LogP contribution < -0.4 is 0 Å². The van der Waals surface area contributed by atoms with Crippen LogP contribution in [0.25, 0.3) is 0 Å². The fraction of sp³-hybridized carbons (Fsp3) is 0.739. The van der Waals surface area contributed by atoms with Crippen molar-refractivity contribution >= 4 is 6.09 Å². The zero-order valence-corrected chi connectivity index (χ0v) is 19.0. The smallest absolute Gasteiger partial charge is 0.403 e. The van der Waals surface area contributed by atoms with Crippen LogP contribution in [-0.4, -0.2) is 53.3 Å². The molecule has 0 aromatic carbocycles. The summed E-state index contributed by atoms with van der Waals surface area (Å²) in [6.45, 7) is 17.7. The summed E-state index contributed by atoms with van der Waals surface area (Å²) < 4.78 is 17.2. The monoisotopic (exact) mass is 407 g/mol. The number of amides is 1. The van der Waals surface area contributed by atoms with Crippen molar-refractivity contribution in [1.29, 1.82) is 0 Å². The molecule has 1 heterocycles. The van der Waals surface area contributed by atoms with Gasteiger partial charge in [-0.15, -0.1) is 11.8 Å². The van der Waals surface area contributed by atoms with E-state index < -0.39 is 23.4 Å². The van der Waals surface area contributed by atoms with Gasteiger partial charge >= 0.3 is 6.09 Å². The van der Waals surface area contributed by atoms with E-state index in [4.69, 9.17) is 14.2 Å². The van der Waals surface area contributed by atoms with Crippen molar-refractivity contribution in [3.63, 3.8) is 0 Å². The third-order valence-corrected chi connectivity index (χ3v) is 4.84. The molecule has 0 aromatic heterocycles. The van der Waals surface area contributed by atoms with Gasteiger partial charge in [0, 0.05) is 30.3 Å². The molecule has 1 saturated heterocycles. The highest BCUT2D eigenvalue weighted by atomic mass is 16.7. The first kappa shape index (κ1) is 25.3. The first-order chi connectivity index (χ1) is 13.5. The van der Waals surface area contributed by atoms with E-state index in [1.807, 2.05) is 48.5 Å². The van der Waals surface area contributed by atoms with Gasteiger partial charge in [0.1, 0.15) is 6.10 Å². The molecule has 0 aromatic rings. The Bertz CT molecular complexity index is 646. The fourth-order valence-corrected chi connectivity index (χ4v) is 3.29. The Morgan fingerprint density at radius 1 is 1.17 bits per heavy atom. The van der Waals surface area contributed by atoms with Gasteiger partial charge in [0.25, 0.3) is 0 Å². The van der Waals surface area contributed by atoms with Crippen molar-refractivity contribution in [2.75, 3.05) is 13.2 Å². The molecular weight excluding hydrogens is 370 g/mol. The molecule has 1 fully saturated rings. The number of aliphatic hydroxyl groups excluding tert-OH is 1. The molecule has 29 heavy (non-hydrogen) atoms. The van der Waals surface area contributed by atoms with Crippen LogP contribution in [0.2, 0.25) is 0 Å². The van der Waals surface area contributed by atoms with Gasteiger partial charge < -0.3 is 24.2 Å². The van der Waals surface area contributed by atoms with Gasteiger partial charge in [-0.25, -0.2) is 4.79 Å². The molecular formula is C23H37NO5. The van der Waals surface area contributed by atoms with Crippen molar-refractivity contribution in [2.45, 2.75) is 91.7 Å². The molecule has 0 radical (unpaired) electrons. The first-order valence-corrected chi connectivity index (χ1v) is 10.3. The number of ether oxygens (including phenoxy) is 3. The number of carbonyl (C=O) groups excluding carboxylic acids is 1. The molecule has 0 aliphatic carbocycles. The molecule has 1 unspecified atom stereocenters. The second-order valence-electron chi connectivity index (χ2n) is 8.58. The highest BCUT2D eigenvalue weighted by Gasteiger charge is 2.42. The van der Waals surface area contributed by atoms with Crippen LogP contribution in [0.4, 0.5) is 4.79 Å². The minimum absolute atomic E-state index is 0.00830. The summed E-state index contributed by atoms with van der Waals surface area (Å²) in [6.07, 6.45) is -0.0831. The van der Waals surface area contributed by atoms with Crippen LogP contribution in [0, 0.1) is 17.3 Å². The van der Waals surface area contributed by atoms with Crippen molar-refractivity contribution in [3.05, 3.63) is 18.1 Å². The number of carbonyl (C=O) groups is 1. The summed E-state index contributed by atoms with van der Waals surface area (Å²) in [5.41, 5.74) is 2.07. The molecule has 1 N–H and O–H groups in total. The van der Waals surface area contributed by atoms with E-state index >= 15 is 0 Å². The molecule has 6 heteroatoms. The van der Waals surface area contributed by atoms with Crippen LogP contribution in [0.3, 0.4) is 0 Å². The molecule has 164 valence electrons. The van der Waals surface area contributed by atoms with Crippen molar-refractivity contribution in [3.8, 4) is 11.8 Å². The molecule has 6 nitrogen and oxygen atoms in total. The summed E-state index contributed by atoms with van der Waals surface area (Å²) in [7, 11) is 0. The number of hydrogen-bond donors (Lipinski definition) is 1. The predicted octanol–water partition coefficient (Wildman–Crippen LogP) is 4.23. The normalized spacial score (nSPS) is 18.4. The fourth-order valence-electron chi connectivity index (χ4n) is 3.29. The second kappa shape index (κ2) is 10.8. The van der Waals surface area contributed by atoms with Gasteiger partial charge in [0.05, 0.1) is 13.2 Å². The molecule has 0 bridgehead atoms. The summed E-state index contributed by atoms with van der Waals surface area (Å²) in [5.74, 6) is 5.53. The quantitative estimate of drug-likeness (QED) is 0.388. The third-order valence-electron chi connectivity index (χ3n) is 4.84. The maximum absolute atomic E-state index is 12.6. The van der Waals surface area contributed by atoms with Crippen molar-refractivity contribution < 1.29 is 24.1 Å². The van der Waals surface area contributed by atoms with E-state index in [1.165, 1.54) is 0 Å². The molecule has 1 aliphatic rings. The maximum atomic E-state index is 12.6. The standard InChI is InChI=1S/C23H37NO5/c1-9-11-12-13-23(15-27-22(7,8)28-16-23)14-19(25)20(10-2)29-21(26)24(17(3)4)18(5)6/h17-19,25H,2,9,13-16H2,1,3-8H3. The predicted molar refractivity (Wildman–Crippen MR) is 113 cm³/mol. The summed E-state index contributed by atoms with van der Waals surface area (Å²) >= 11 is 0. The number of aliphatic hydroxyl groups is 1. The SMILES string of the molecule is C=C=C(OC(=O)N(C(C)C)C(C)C)C(O)CC1(CC#CCC)COC(C)(C)OC1. The van der Waals surface area contributed by atoms with Crippen LogP contribution >= 0.6 is 0 Å². The van der Waals surface area contributed by atoms with Crippen LogP contribution in [0.15, 0.2) is 18.1 Å². The van der Waals surface area contributed by atoms with Crippen LogP contribution in [0.5, 0.6) is 0 Å². The molecule has 1 amide bonds. The Hall–Kier alpha value is -1.77. The number of hydrogen-bond acceptors (Lipinski definition) is 5. The largest absolute Gasteiger partial charge is 0.416 e. The maximum Gasteiger partial charge on any atom is 0.416 e. The lowest BCUT2D eigenvalue weighted by Gasteiger charge is -2.43. The van der Waals surface area contributed by atoms with Gasteiger partial charge in [0.2, 0.25) is 0 Å². The molecule has 1 atom stereocenters. The number of nitrogens with zero attached hydrogens (tertiary/aromatic N) is 1. The highest BCUT2D eigenvalue weighted by molar-refractivity contribution is 5.69. The van der Waals surface area contributed by atoms with Crippen molar-refractivity contribution in [2.24, 2.45) is 5.41 Å². The van der Waals surface area contributed by atoms with Crippen LogP contribution in [-0.2, 0) is 14.2 Å². The molecule has 1 rings (SSSR count). The Morgan fingerprint density at radius 2 is 1.72 bits per heavy atom. The summed E-state index contributed by atoms with van der Waals surface area (Å²) in [4.78, 5) is 14.2. The minimum atomic E-state index is -1.07. The summed E-state index contributed by atoms with van der Waals surface area (Å²) in [6, 6.07) is -0.0764. The van der Waals surface area contributed by atoms with Gasteiger partial charge in [0.15, 0.2) is 11.5 Å². The van der Waals surface area contributed by atoms with E-state index in [0.29, 0.717) is 19.6 Å². The van der Waals surface area contributed by atoms with E-state index in [2.05, 4.69) is 24.2 Å². The average molecular weight is 408 g/mol. The minimum Gasteiger partial charge on any atom is -0.403 e. The zero-order chi connectivity index (χ0) is 22.2. The van der Waals surface area contributed by atoms with E-state index in [1.54, 1.807) is 4.90 Å². The Morgan fingerprint density at radius 3 is 2.17 bits per heavy atom. The lowest BCUT2D eigenvalue weighted by atomic mass is 9.79. The summed E-state index contributed by atoms with van der Waals surface area (Å²) in [5, 5.41) is 10.8. The van der Waals surface area contributed by atoms with Crippen LogP contribution in [0.1, 0.15) is 67.7 Å². The number of rotatable bonds is 7. The van der Waals surface area contributed by atoms with E-state index in [-0.39, 0.29) is 24.3 Å². The zero-order valence-electron chi connectivity index (χ0n) is 19.0. The highest BCUT2D eigenvalue weighted by Crippen LogP contribution is 2.37. The van der Waals surface area contributed by atoms with Gasteiger partial charge in [-0.3, -0.25) is 0 Å². The molecule has 0 saturated carbocycles. The lowest BCUT2D eigenvalue weighted by Crippen LogP contribution is -2.48. The van der Waals surface area contributed by atoms with E-state index in [9.17, 15) is 9.90 Å². The van der Waals surface area contributed by atoms with Gasteiger partial charge in [-0.05, 0) is 48.0 Å².